The lowest BCUT2D eigenvalue weighted by Gasteiger charge is -2.18. The van der Waals surface area contributed by atoms with Gasteiger partial charge in [0.2, 0.25) is 0 Å². The van der Waals surface area contributed by atoms with Crippen LogP contribution in [0.5, 0.6) is 0 Å². The molecule has 0 unspecified atom stereocenters. The van der Waals surface area contributed by atoms with Crippen molar-refractivity contribution in [3.8, 4) is 0 Å². The van der Waals surface area contributed by atoms with Gasteiger partial charge in [0.15, 0.2) is 0 Å². The van der Waals surface area contributed by atoms with Crippen LogP contribution in [0.4, 0.5) is 4.79 Å². The molecule has 1 saturated heterocycles. The van der Waals surface area contributed by atoms with Crippen LogP contribution in [0.25, 0.3) is 0 Å². The van der Waals surface area contributed by atoms with Crippen molar-refractivity contribution in [2.75, 3.05) is 6.61 Å². The summed E-state index contributed by atoms with van der Waals surface area (Å²) in [6, 6.07) is 9.14. The van der Waals surface area contributed by atoms with E-state index >= 15 is 0 Å². The predicted molar refractivity (Wildman–Crippen MR) is 89.8 cm³/mol. The number of benzene rings is 1. The summed E-state index contributed by atoms with van der Waals surface area (Å²) in [7, 11) is 0. The molecule has 1 heterocycles. The van der Waals surface area contributed by atoms with Crippen molar-refractivity contribution in [1.82, 2.24) is 4.90 Å². The van der Waals surface area contributed by atoms with Crippen molar-refractivity contribution < 1.29 is 14.3 Å². The largest absolute Gasteiger partial charge is 0.446 e. The van der Waals surface area contributed by atoms with Crippen molar-refractivity contribution in [3.05, 3.63) is 59.2 Å². The minimum Gasteiger partial charge on any atom is -0.446 e. The molecule has 1 aromatic rings. The fourth-order valence-corrected chi connectivity index (χ4v) is 2.53. The number of rotatable bonds is 5. The van der Waals surface area contributed by atoms with Crippen LogP contribution in [0.3, 0.4) is 0 Å². The molecule has 0 bridgehead atoms. The molecule has 1 fully saturated rings. The molecule has 0 aromatic heterocycles. The maximum Gasteiger partial charge on any atom is 0.417 e. The number of carbonyl (C=O) groups excluding carboxylic acids is 2. The second kappa shape index (κ2) is 7.77. The summed E-state index contributed by atoms with van der Waals surface area (Å²) in [5.74, 6) is -0.309. The van der Waals surface area contributed by atoms with E-state index in [1.807, 2.05) is 37.3 Å². The molecule has 4 nitrogen and oxygen atoms in total. The van der Waals surface area contributed by atoms with E-state index in [0.29, 0.717) is 0 Å². The molecule has 2 rings (SSSR count). The summed E-state index contributed by atoms with van der Waals surface area (Å²) in [6.45, 7) is 6.22. The van der Waals surface area contributed by atoms with Gasteiger partial charge >= 0.3 is 6.09 Å². The van der Waals surface area contributed by atoms with Crippen LogP contribution in [0, 0.1) is 0 Å². The first-order valence-corrected chi connectivity index (χ1v) is 7.84. The third-order valence-corrected chi connectivity index (χ3v) is 3.76. The molecule has 2 amide bonds. The highest BCUT2D eigenvalue weighted by Gasteiger charge is 2.37. The number of cyclic esters (lactones) is 1. The van der Waals surface area contributed by atoms with Gasteiger partial charge in [-0.25, -0.2) is 9.69 Å². The maximum absolute atomic E-state index is 12.5. The summed E-state index contributed by atoms with van der Waals surface area (Å²) in [6.07, 6.45) is 4.80. The third-order valence-electron chi connectivity index (χ3n) is 3.76. The lowest BCUT2D eigenvalue weighted by atomic mass is 10.1. The van der Waals surface area contributed by atoms with E-state index in [-0.39, 0.29) is 18.6 Å². The number of hydrogen-bond acceptors (Lipinski definition) is 3. The van der Waals surface area contributed by atoms with E-state index in [0.717, 1.165) is 24.0 Å². The van der Waals surface area contributed by atoms with Gasteiger partial charge in [-0.05, 0) is 39.2 Å². The fourth-order valence-electron chi connectivity index (χ4n) is 2.53. The van der Waals surface area contributed by atoms with E-state index in [1.165, 1.54) is 10.5 Å². The van der Waals surface area contributed by atoms with E-state index < -0.39 is 6.09 Å². The molecule has 4 heteroatoms. The number of allylic oxidation sites excluding steroid dienone is 3. The predicted octanol–water partition coefficient (Wildman–Crippen LogP) is 4.40. The Balaban J connectivity index is 2.09. The average molecular weight is 313 g/mol. The van der Waals surface area contributed by atoms with E-state index in [4.69, 9.17) is 4.74 Å². The molecule has 1 aromatic carbocycles. The van der Waals surface area contributed by atoms with E-state index in [9.17, 15) is 9.59 Å². The van der Waals surface area contributed by atoms with E-state index in [2.05, 4.69) is 19.9 Å². The van der Waals surface area contributed by atoms with Crippen molar-refractivity contribution in [1.29, 1.82) is 0 Å². The van der Waals surface area contributed by atoms with Crippen molar-refractivity contribution in [2.45, 2.75) is 39.7 Å². The summed E-state index contributed by atoms with van der Waals surface area (Å²) >= 11 is 0. The van der Waals surface area contributed by atoms with Gasteiger partial charge in [0.05, 0.1) is 0 Å². The number of nitrogens with zero attached hydrogens (tertiary/aromatic N) is 1. The maximum atomic E-state index is 12.5. The molecule has 0 aliphatic carbocycles. The summed E-state index contributed by atoms with van der Waals surface area (Å²) < 4.78 is 5.08. The third kappa shape index (κ3) is 4.55. The number of imide groups is 1. The molecule has 0 spiro atoms. The highest BCUT2D eigenvalue weighted by Crippen LogP contribution is 2.28. The first-order chi connectivity index (χ1) is 11.0. The number of amides is 2. The van der Waals surface area contributed by atoms with Gasteiger partial charge < -0.3 is 4.74 Å². The normalized spacial score (nSPS) is 17.9. The van der Waals surface area contributed by atoms with Crippen LogP contribution in [-0.4, -0.2) is 23.5 Å². The van der Waals surface area contributed by atoms with Gasteiger partial charge in [-0.3, -0.25) is 4.79 Å². The zero-order valence-electron chi connectivity index (χ0n) is 13.9. The van der Waals surface area contributed by atoms with Gasteiger partial charge in [-0.1, -0.05) is 47.6 Å². The Morgan fingerprint density at radius 3 is 2.61 bits per heavy atom. The molecule has 1 aliphatic heterocycles. The summed E-state index contributed by atoms with van der Waals surface area (Å²) in [4.78, 5) is 25.6. The lowest BCUT2D eigenvalue weighted by Crippen LogP contribution is -2.33. The van der Waals surface area contributed by atoms with Crippen LogP contribution in [-0.2, 0) is 9.53 Å². The molecule has 1 aliphatic rings. The Morgan fingerprint density at radius 2 is 1.96 bits per heavy atom. The number of hydrogen-bond donors (Lipinski definition) is 0. The summed E-state index contributed by atoms with van der Waals surface area (Å²) in [5, 5.41) is 0. The topological polar surface area (TPSA) is 46.6 Å². The molecule has 122 valence electrons. The quantitative estimate of drug-likeness (QED) is 0.598. The summed E-state index contributed by atoms with van der Waals surface area (Å²) in [5.41, 5.74) is 3.12. The Bertz CT molecular complexity index is 627. The zero-order chi connectivity index (χ0) is 16.8. The lowest BCUT2D eigenvalue weighted by molar-refractivity contribution is -0.124. The second-order valence-corrected chi connectivity index (χ2v) is 6.02. The van der Waals surface area contributed by atoms with Gasteiger partial charge in [-0.2, -0.15) is 0 Å². The van der Waals surface area contributed by atoms with Crippen molar-refractivity contribution in [2.24, 2.45) is 0 Å². The molecule has 0 radical (unpaired) electrons. The smallest absolute Gasteiger partial charge is 0.417 e. The standard InChI is InChI=1S/C19H23NO3/c1-14(2)8-7-9-15(3)12-18(21)20-17(13-23-19(20)22)16-10-5-4-6-11-16/h4-6,8,10-12,17H,7,9,13H2,1-3H3/b15-12+/t17-/m1/s1. The monoisotopic (exact) mass is 313 g/mol. The molecule has 0 N–H and O–H groups in total. The van der Waals surface area contributed by atoms with Gasteiger partial charge in [0.1, 0.15) is 12.6 Å². The Hall–Kier alpha value is -2.36. The minimum absolute atomic E-state index is 0.208. The Kier molecular flexibility index (Phi) is 5.74. The van der Waals surface area contributed by atoms with Gasteiger partial charge in [0.25, 0.3) is 5.91 Å². The fraction of sp³-hybridized carbons (Fsp3) is 0.368. The molecule has 23 heavy (non-hydrogen) atoms. The number of carbonyl (C=O) groups is 2. The first kappa shape index (κ1) is 17.0. The number of ether oxygens (including phenoxy) is 1. The highest BCUT2D eigenvalue weighted by atomic mass is 16.6. The first-order valence-electron chi connectivity index (χ1n) is 7.84. The van der Waals surface area contributed by atoms with Crippen LogP contribution in [0.1, 0.15) is 45.2 Å². The second-order valence-electron chi connectivity index (χ2n) is 6.02. The van der Waals surface area contributed by atoms with E-state index in [1.54, 1.807) is 6.08 Å². The Morgan fingerprint density at radius 1 is 1.26 bits per heavy atom. The van der Waals surface area contributed by atoms with Crippen LogP contribution in [0.15, 0.2) is 53.6 Å². The highest BCUT2D eigenvalue weighted by molar-refractivity contribution is 6.00. The molecular weight excluding hydrogens is 290 g/mol. The molecule has 0 saturated carbocycles. The minimum atomic E-state index is -0.572. The van der Waals surface area contributed by atoms with Crippen molar-refractivity contribution in [3.63, 3.8) is 0 Å². The van der Waals surface area contributed by atoms with Crippen LogP contribution in [0.2, 0.25) is 0 Å². The SMILES string of the molecule is CC(C)=CCC/C(C)=C/C(=O)N1C(=O)OC[C@@H]1c1ccccc1. The van der Waals surface area contributed by atoms with Gasteiger partial charge in [-0.15, -0.1) is 0 Å². The Labute approximate surface area is 137 Å². The average Bonchev–Trinajstić information content (AvgIpc) is 2.89. The van der Waals surface area contributed by atoms with Crippen LogP contribution < -0.4 is 0 Å². The zero-order valence-corrected chi connectivity index (χ0v) is 13.9. The van der Waals surface area contributed by atoms with Crippen LogP contribution >= 0.6 is 0 Å². The van der Waals surface area contributed by atoms with Crippen molar-refractivity contribution >= 4 is 12.0 Å². The van der Waals surface area contributed by atoms with Gasteiger partial charge in [0, 0.05) is 6.08 Å². The molecule has 1 atom stereocenters. The molecular formula is C19H23NO3.